The van der Waals surface area contributed by atoms with Crippen LogP contribution in [0.1, 0.15) is 23.6 Å². The lowest BCUT2D eigenvalue weighted by atomic mass is 10.0. The summed E-state index contributed by atoms with van der Waals surface area (Å²) in [6.45, 7) is 0.0937. The molecule has 2 N–H and O–H groups in total. The highest BCUT2D eigenvalue weighted by molar-refractivity contribution is 6.32. The summed E-state index contributed by atoms with van der Waals surface area (Å²) in [4.78, 5) is 23.1. The fourth-order valence-electron chi connectivity index (χ4n) is 2.23. The van der Waals surface area contributed by atoms with Crippen LogP contribution in [0.15, 0.2) is 48.5 Å². The normalized spacial score (nSPS) is 11.4. The number of benzene rings is 2. The molecule has 7 heteroatoms. The molecule has 132 valence electrons. The van der Waals surface area contributed by atoms with E-state index in [0.29, 0.717) is 16.3 Å². The first-order valence-corrected chi connectivity index (χ1v) is 7.90. The highest BCUT2D eigenvalue weighted by Gasteiger charge is 2.20. The third-order valence-electron chi connectivity index (χ3n) is 3.46. The standard InChI is InChI=1S/C18H18ClNO5/c1-24-16-9-13(7-8-14(16)19)15(10-17(21)22)20-18(23)25-11-12-5-3-2-4-6-12/h2-9,15H,10-11H2,1H3,(H,20,23)(H,21,22)/t15-/m0/s1. The van der Waals surface area contributed by atoms with E-state index in [4.69, 9.17) is 26.2 Å². The molecule has 0 unspecified atom stereocenters. The third kappa shape index (κ3) is 5.69. The molecule has 0 spiro atoms. The van der Waals surface area contributed by atoms with Gasteiger partial charge in [0, 0.05) is 0 Å². The quantitative estimate of drug-likeness (QED) is 0.781. The number of hydrogen-bond acceptors (Lipinski definition) is 4. The average molecular weight is 364 g/mol. The summed E-state index contributed by atoms with van der Waals surface area (Å²) in [6.07, 6.45) is -1.00. The number of alkyl carbamates (subject to hydrolysis) is 1. The maximum atomic E-state index is 12.0. The number of aliphatic carboxylic acids is 1. The van der Waals surface area contributed by atoms with Gasteiger partial charge in [0.25, 0.3) is 0 Å². The number of hydrogen-bond donors (Lipinski definition) is 2. The number of methoxy groups -OCH3 is 1. The van der Waals surface area contributed by atoms with Gasteiger partial charge < -0.3 is 19.9 Å². The largest absolute Gasteiger partial charge is 0.495 e. The monoisotopic (exact) mass is 363 g/mol. The Morgan fingerprint density at radius 2 is 1.92 bits per heavy atom. The highest BCUT2D eigenvalue weighted by atomic mass is 35.5. The van der Waals surface area contributed by atoms with Crippen LogP contribution >= 0.6 is 11.6 Å². The lowest BCUT2D eigenvalue weighted by Gasteiger charge is -2.18. The van der Waals surface area contributed by atoms with E-state index < -0.39 is 18.1 Å². The lowest BCUT2D eigenvalue weighted by molar-refractivity contribution is -0.137. The number of rotatable bonds is 7. The van der Waals surface area contributed by atoms with Gasteiger partial charge in [0.1, 0.15) is 12.4 Å². The van der Waals surface area contributed by atoms with E-state index in [2.05, 4.69) is 5.32 Å². The van der Waals surface area contributed by atoms with Crippen LogP contribution in [0.25, 0.3) is 0 Å². The van der Waals surface area contributed by atoms with Crippen LogP contribution in [-0.2, 0) is 16.1 Å². The van der Waals surface area contributed by atoms with Crippen molar-refractivity contribution in [2.45, 2.75) is 19.1 Å². The molecule has 1 atom stereocenters. The second-order valence-corrected chi connectivity index (χ2v) is 5.66. The highest BCUT2D eigenvalue weighted by Crippen LogP contribution is 2.29. The fraction of sp³-hybridized carbons (Fsp3) is 0.222. The minimum atomic E-state index is -1.05. The van der Waals surface area contributed by atoms with Gasteiger partial charge in [0.15, 0.2) is 0 Å². The molecule has 2 aromatic carbocycles. The molecule has 0 saturated carbocycles. The zero-order valence-electron chi connectivity index (χ0n) is 13.6. The lowest BCUT2D eigenvalue weighted by Crippen LogP contribution is -2.30. The third-order valence-corrected chi connectivity index (χ3v) is 3.77. The summed E-state index contributed by atoms with van der Waals surface area (Å²) in [7, 11) is 1.46. The zero-order valence-corrected chi connectivity index (χ0v) is 14.3. The van der Waals surface area contributed by atoms with Crippen molar-refractivity contribution in [1.29, 1.82) is 0 Å². The molecule has 0 aliphatic heterocycles. The van der Waals surface area contributed by atoms with E-state index in [-0.39, 0.29) is 13.0 Å². The number of nitrogens with one attached hydrogen (secondary N) is 1. The molecule has 25 heavy (non-hydrogen) atoms. The van der Waals surface area contributed by atoms with E-state index in [1.807, 2.05) is 30.3 Å². The number of carbonyl (C=O) groups is 2. The maximum Gasteiger partial charge on any atom is 0.407 e. The van der Waals surface area contributed by atoms with Crippen molar-refractivity contribution in [3.63, 3.8) is 0 Å². The molecular formula is C18H18ClNO5. The topological polar surface area (TPSA) is 84.9 Å². The molecule has 1 amide bonds. The van der Waals surface area contributed by atoms with Crippen molar-refractivity contribution in [2.24, 2.45) is 0 Å². The summed E-state index contributed by atoms with van der Waals surface area (Å²) in [5.41, 5.74) is 1.39. The maximum absolute atomic E-state index is 12.0. The smallest absolute Gasteiger partial charge is 0.407 e. The molecule has 2 rings (SSSR count). The molecular weight excluding hydrogens is 346 g/mol. The Kier molecular flexibility index (Phi) is 6.65. The van der Waals surface area contributed by atoms with Crippen LogP contribution in [0.3, 0.4) is 0 Å². The van der Waals surface area contributed by atoms with Crippen molar-refractivity contribution in [2.75, 3.05) is 7.11 Å². The van der Waals surface area contributed by atoms with E-state index in [9.17, 15) is 9.59 Å². The van der Waals surface area contributed by atoms with Crippen LogP contribution in [0.2, 0.25) is 5.02 Å². The Morgan fingerprint density at radius 1 is 1.20 bits per heavy atom. The molecule has 0 heterocycles. The molecule has 0 aromatic heterocycles. The predicted molar refractivity (Wildman–Crippen MR) is 92.8 cm³/mol. The van der Waals surface area contributed by atoms with Crippen molar-refractivity contribution in [3.05, 3.63) is 64.7 Å². The van der Waals surface area contributed by atoms with Gasteiger partial charge in [-0.25, -0.2) is 4.79 Å². The number of carboxylic acid groups (broad SMARTS) is 1. The average Bonchev–Trinajstić information content (AvgIpc) is 2.60. The second kappa shape index (κ2) is 8.94. The predicted octanol–water partition coefficient (Wildman–Crippen LogP) is 3.79. The van der Waals surface area contributed by atoms with E-state index in [0.717, 1.165) is 5.56 Å². The Balaban J connectivity index is 2.06. The van der Waals surface area contributed by atoms with Gasteiger partial charge in [-0.15, -0.1) is 0 Å². The minimum absolute atomic E-state index is 0.0937. The molecule has 2 aromatic rings. The van der Waals surface area contributed by atoms with Crippen molar-refractivity contribution in [3.8, 4) is 5.75 Å². The van der Waals surface area contributed by atoms with Gasteiger partial charge in [0.2, 0.25) is 0 Å². The summed E-state index contributed by atoms with van der Waals surface area (Å²) < 4.78 is 10.3. The molecule has 0 radical (unpaired) electrons. The zero-order chi connectivity index (χ0) is 18.2. The van der Waals surface area contributed by atoms with E-state index >= 15 is 0 Å². The molecule has 0 aliphatic rings. The van der Waals surface area contributed by atoms with E-state index in [1.165, 1.54) is 7.11 Å². The SMILES string of the molecule is COc1cc([C@H](CC(=O)O)NC(=O)OCc2ccccc2)ccc1Cl. The summed E-state index contributed by atoms with van der Waals surface area (Å²) in [5.74, 6) is -0.656. The Labute approximate surface area is 150 Å². The summed E-state index contributed by atoms with van der Waals surface area (Å²) >= 11 is 5.98. The molecule has 0 fully saturated rings. The number of amides is 1. The number of ether oxygens (including phenoxy) is 2. The molecule has 0 bridgehead atoms. The Bertz CT molecular complexity index is 736. The Hall–Kier alpha value is -2.73. The van der Waals surface area contributed by atoms with Gasteiger partial charge in [-0.1, -0.05) is 48.0 Å². The fourth-order valence-corrected chi connectivity index (χ4v) is 2.42. The van der Waals surface area contributed by atoms with Crippen molar-refractivity contribution >= 4 is 23.7 Å². The first kappa shape index (κ1) is 18.6. The van der Waals surface area contributed by atoms with E-state index in [1.54, 1.807) is 18.2 Å². The van der Waals surface area contributed by atoms with Gasteiger partial charge in [-0.05, 0) is 23.3 Å². The van der Waals surface area contributed by atoms with Gasteiger partial charge in [0.05, 0.1) is 24.6 Å². The van der Waals surface area contributed by atoms with Crippen LogP contribution < -0.4 is 10.1 Å². The number of carboxylic acids is 1. The summed E-state index contributed by atoms with van der Waals surface area (Å²) in [5, 5.41) is 12.1. The first-order chi connectivity index (χ1) is 12.0. The second-order valence-electron chi connectivity index (χ2n) is 5.25. The molecule has 6 nitrogen and oxygen atoms in total. The van der Waals surface area contributed by atoms with Crippen LogP contribution in [0, 0.1) is 0 Å². The summed E-state index contributed by atoms with van der Waals surface area (Å²) in [6, 6.07) is 13.2. The minimum Gasteiger partial charge on any atom is -0.495 e. The van der Waals surface area contributed by atoms with Crippen LogP contribution in [0.5, 0.6) is 5.75 Å². The van der Waals surface area contributed by atoms with Gasteiger partial charge >= 0.3 is 12.1 Å². The van der Waals surface area contributed by atoms with Crippen LogP contribution in [0.4, 0.5) is 4.79 Å². The molecule has 0 aliphatic carbocycles. The first-order valence-electron chi connectivity index (χ1n) is 7.52. The number of halogens is 1. The van der Waals surface area contributed by atoms with Gasteiger partial charge in [-0.3, -0.25) is 4.79 Å². The van der Waals surface area contributed by atoms with Gasteiger partial charge in [-0.2, -0.15) is 0 Å². The van der Waals surface area contributed by atoms with Crippen molar-refractivity contribution < 1.29 is 24.2 Å². The number of carbonyl (C=O) groups excluding carboxylic acids is 1. The molecule has 0 saturated heterocycles. The van der Waals surface area contributed by atoms with Crippen molar-refractivity contribution in [1.82, 2.24) is 5.32 Å². The Morgan fingerprint density at radius 3 is 2.56 bits per heavy atom. The van der Waals surface area contributed by atoms with Crippen LogP contribution in [-0.4, -0.2) is 24.3 Å².